The van der Waals surface area contributed by atoms with Crippen molar-refractivity contribution in [2.45, 2.75) is 179 Å². The smallest absolute Gasteiger partial charge is 0.0701 e. The van der Waals surface area contributed by atoms with E-state index in [9.17, 15) is 0 Å². The lowest BCUT2D eigenvalue weighted by Gasteiger charge is -2.37. The lowest BCUT2D eigenvalue weighted by atomic mass is 9.64. The van der Waals surface area contributed by atoms with E-state index in [0.717, 1.165) is 19.3 Å². The molecule has 0 saturated carbocycles. The minimum Gasteiger partial charge on any atom is -0.175 e. The number of aryl methyl sites for hydroxylation is 4. The molecule has 7 aromatic carbocycles. The molecule has 576 valence electrons. The number of unbranched alkanes of at least 4 members (excludes halogenated alkanes) is 12. The highest BCUT2D eigenvalue weighted by atomic mass is 32.1. The summed E-state index contributed by atoms with van der Waals surface area (Å²) in [6.07, 6.45) is 24.7. The number of rotatable bonds is 38. The van der Waals surface area contributed by atoms with Crippen LogP contribution in [-0.2, 0) is 48.4 Å². The molecule has 15 aromatic rings. The second kappa shape index (κ2) is 39.4. The molecular weight excluding hydrogens is 1580 g/mol. The van der Waals surface area contributed by atoms with Crippen LogP contribution in [0.25, 0.3) is 112 Å². The number of thiophene rings is 8. The minimum atomic E-state index is -0.696. The van der Waals surface area contributed by atoms with Gasteiger partial charge in [-0.1, -0.05) is 275 Å². The van der Waals surface area contributed by atoms with Gasteiger partial charge in [0.15, 0.2) is 0 Å². The molecule has 0 amide bonds. The van der Waals surface area contributed by atoms with Gasteiger partial charge in [0.25, 0.3) is 0 Å². The predicted molar refractivity (Wildman–Crippen MR) is 517 cm³/mol. The Labute approximate surface area is 721 Å². The fraction of sp³-hybridized carbons (Fsp3) is 0.275. The van der Waals surface area contributed by atoms with E-state index in [-0.39, 0.29) is 0 Å². The van der Waals surface area contributed by atoms with Crippen molar-refractivity contribution in [1.82, 2.24) is 0 Å². The predicted octanol–water partition coefficient (Wildman–Crippen LogP) is 34.7. The molecule has 113 heavy (non-hydrogen) atoms. The quantitative estimate of drug-likeness (QED) is 0.0192. The number of hydrogen-bond acceptors (Lipinski definition) is 11. The maximum absolute atomic E-state index is 4.59. The van der Waals surface area contributed by atoms with Crippen LogP contribution < -0.4 is 0 Å². The average Bonchev–Trinajstić information content (AvgIpc) is 1.66. The van der Waals surface area contributed by atoms with Crippen LogP contribution in [0.1, 0.15) is 192 Å². The molecule has 0 atom stereocenters. The highest BCUT2D eigenvalue weighted by Gasteiger charge is 2.39. The molecule has 0 saturated heterocycles. The monoisotopic (exact) mass is 1680 g/mol. The van der Waals surface area contributed by atoms with E-state index in [1.54, 1.807) is 0 Å². The van der Waals surface area contributed by atoms with Crippen LogP contribution in [0.3, 0.4) is 0 Å². The number of thiol groups is 3. The van der Waals surface area contributed by atoms with Crippen LogP contribution in [0.2, 0.25) is 0 Å². The van der Waals surface area contributed by atoms with E-state index in [2.05, 4.69) is 325 Å². The molecule has 8 heterocycles. The summed E-state index contributed by atoms with van der Waals surface area (Å²) in [5.41, 5.74) is 22.2. The van der Waals surface area contributed by atoms with Crippen molar-refractivity contribution in [3.8, 4) is 112 Å². The lowest BCUT2D eigenvalue weighted by molar-refractivity contribution is 0.667. The summed E-state index contributed by atoms with van der Waals surface area (Å²) in [6, 6.07) is 93.8. The van der Waals surface area contributed by atoms with Crippen molar-refractivity contribution in [3.63, 3.8) is 0 Å². The van der Waals surface area contributed by atoms with Gasteiger partial charge in [-0.25, -0.2) is 0 Å². The van der Waals surface area contributed by atoms with Crippen molar-refractivity contribution < 1.29 is 0 Å². The Hall–Kier alpha value is -6.81. The summed E-state index contributed by atoms with van der Waals surface area (Å²) >= 11 is 29.7. The molecule has 0 spiro atoms. The summed E-state index contributed by atoms with van der Waals surface area (Å²) in [4.78, 5) is 21.0. The average molecular weight is 1680 g/mol. The van der Waals surface area contributed by atoms with Gasteiger partial charge in [0.2, 0.25) is 0 Å². The molecule has 0 aliphatic carbocycles. The molecule has 0 unspecified atom stereocenters. The first-order chi connectivity index (χ1) is 55.6. The fourth-order valence-electron chi connectivity index (χ4n) is 16.0. The molecule has 0 nitrogen and oxygen atoms in total. The number of hydrogen-bond donors (Lipinski definition) is 3. The van der Waals surface area contributed by atoms with Gasteiger partial charge in [0, 0.05) is 90.4 Å². The summed E-state index contributed by atoms with van der Waals surface area (Å²) in [5.74, 6) is 2.14. The third-order valence-electron chi connectivity index (χ3n) is 22.4. The molecule has 0 aliphatic heterocycles. The van der Waals surface area contributed by atoms with Gasteiger partial charge in [-0.3, -0.25) is 0 Å². The Bertz CT molecular complexity index is 5260. The van der Waals surface area contributed by atoms with E-state index >= 15 is 0 Å². The van der Waals surface area contributed by atoms with E-state index in [0.29, 0.717) is 17.3 Å². The molecule has 0 aliphatic rings. The third kappa shape index (κ3) is 18.9. The van der Waals surface area contributed by atoms with Gasteiger partial charge >= 0.3 is 0 Å². The van der Waals surface area contributed by atoms with Crippen molar-refractivity contribution in [1.29, 1.82) is 0 Å². The topological polar surface area (TPSA) is 0 Å². The third-order valence-corrected chi connectivity index (χ3v) is 33.7. The van der Waals surface area contributed by atoms with Crippen molar-refractivity contribution in [3.05, 3.63) is 309 Å². The Morgan fingerprint density at radius 3 is 0.841 bits per heavy atom. The normalized spacial score (nSPS) is 11.8. The van der Waals surface area contributed by atoms with Crippen molar-refractivity contribution >= 4 is 129 Å². The first-order valence-corrected chi connectivity index (χ1v) is 49.5. The van der Waals surface area contributed by atoms with Gasteiger partial charge in [-0.15, -0.1) is 90.7 Å². The SMILES string of the molecule is CCCCCCc1ccsc1-c1ccc(-c2ccc(-c3sc(-c4sc(-c5ccc(-c6ccc(-c7sc(-c8ccc(C(c9ccc(-c%10ccc(CS)cc%10)cc9)(c9ccc(-c%10ccc(CS)cc%10)cc9)c9ccc(-c%10ccc(CS)cc%10)cc9)cc8)cc7CCCCCC)s6)s5)cc4CCCCCC)cc3CCCCCC)s2)s1. The highest BCUT2D eigenvalue weighted by Crippen LogP contribution is 2.53. The molecule has 0 bridgehead atoms. The second-order valence-corrected chi connectivity index (χ2v) is 39.5. The molecule has 15 rings (SSSR count). The lowest BCUT2D eigenvalue weighted by Crippen LogP contribution is -2.31. The number of benzene rings is 7. The molecule has 8 aromatic heterocycles. The Balaban J connectivity index is 0.748. The maximum atomic E-state index is 4.59. The van der Waals surface area contributed by atoms with E-state index in [1.807, 2.05) is 79.4 Å². The van der Waals surface area contributed by atoms with Crippen molar-refractivity contribution in [2.24, 2.45) is 0 Å². The summed E-state index contributed by atoms with van der Waals surface area (Å²) in [7, 11) is 0. The van der Waals surface area contributed by atoms with Gasteiger partial charge in [0.05, 0.1) is 5.41 Å². The molecule has 0 fully saturated rings. The Kier molecular flexibility index (Phi) is 28.4. The molecule has 0 radical (unpaired) electrons. The van der Waals surface area contributed by atoms with Crippen LogP contribution in [0.15, 0.2) is 248 Å². The fourth-order valence-corrected chi connectivity index (χ4v) is 26.1. The highest BCUT2D eigenvalue weighted by molar-refractivity contribution is 7.79. The minimum absolute atomic E-state index is 0.696. The van der Waals surface area contributed by atoms with Crippen LogP contribution in [0.4, 0.5) is 0 Å². The van der Waals surface area contributed by atoms with E-state index in [1.165, 1.54) is 282 Å². The summed E-state index contributed by atoms with van der Waals surface area (Å²) in [6.45, 7) is 9.29. The standard InChI is InChI=1S/C102H102S11/c1-5-9-13-17-21-79-61-62-106-98(79)92-58-55-89(108-92)90-57-60-94(110-90)100-82(24-20-16-12-8-4)65-97(113-100)101-81(23-19-15-11-7-3)64-96(112-101)91-54-53-87(107-91)88-56-59-93(109-88)99-80(22-18-14-10-6-2)63-95(111-99)78-43-51-86(52-44-78)102(83-45-37-75(38-46-83)72-31-25-69(66-103)26-32-72,84-47-39-76(40-48-84)73-33-27-70(67-104)28-34-73)85-49-41-77(42-50-85)74-35-29-71(68-105)30-36-74/h25-65,103-105H,5-24,66-68H2,1-4H3. The second-order valence-electron chi connectivity index (χ2n) is 30.2. The summed E-state index contributed by atoms with van der Waals surface area (Å²) < 4.78 is 0. The first-order valence-electron chi connectivity index (χ1n) is 41.0. The zero-order valence-corrected chi connectivity index (χ0v) is 74.8. The summed E-state index contributed by atoms with van der Waals surface area (Å²) in [5, 5.41) is 2.30. The van der Waals surface area contributed by atoms with Gasteiger partial charge < -0.3 is 0 Å². The first kappa shape index (κ1) is 81.3. The van der Waals surface area contributed by atoms with Crippen LogP contribution in [0.5, 0.6) is 0 Å². The molecular formula is C102H102S11. The largest absolute Gasteiger partial charge is 0.175 e. The maximum Gasteiger partial charge on any atom is 0.0701 e. The van der Waals surface area contributed by atoms with Gasteiger partial charge in [-0.05, 0) is 230 Å². The van der Waals surface area contributed by atoms with Crippen molar-refractivity contribution in [2.75, 3.05) is 0 Å². The van der Waals surface area contributed by atoms with Crippen LogP contribution in [0, 0.1) is 0 Å². The Morgan fingerprint density at radius 2 is 0.487 bits per heavy atom. The zero-order chi connectivity index (χ0) is 77.5. The molecule has 11 heteroatoms. The van der Waals surface area contributed by atoms with Crippen LogP contribution >= 0.6 is 129 Å². The van der Waals surface area contributed by atoms with Crippen LogP contribution in [-0.4, -0.2) is 0 Å². The van der Waals surface area contributed by atoms with E-state index in [4.69, 9.17) is 0 Å². The molecule has 0 N–H and O–H groups in total. The van der Waals surface area contributed by atoms with Gasteiger partial charge in [0.1, 0.15) is 0 Å². The van der Waals surface area contributed by atoms with Gasteiger partial charge in [-0.2, -0.15) is 37.9 Å². The zero-order valence-electron chi connectivity index (χ0n) is 65.5. The Morgan fingerprint density at radius 1 is 0.221 bits per heavy atom. The van der Waals surface area contributed by atoms with E-state index < -0.39 is 5.41 Å².